The van der Waals surface area contributed by atoms with Crippen molar-refractivity contribution in [3.63, 3.8) is 0 Å². The minimum atomic E-state index is -0.0375. The number of pyridine rings is 2. The molecule has 0 aliphatic heterocycles. The minimum absolute atomic E-state index is 0.0375. The molecule has 6 nitrogen and oxygen atoms in total. The first-order valence-corrected chi connectivity index (χ1v) is 7.51. The van der Waals surface area contributed by atoms with Crippen LogP contribution in [0.1, 0.15) is 18.1 Å². The molecule has 0 aliphatic rings. The van der Waals surface area contributed by atoms with Gasteiger partial charge in [0.1, 0.15) is 5.65 Å². The normalized spacial score (nSPS) is 10.7. The lowest BCUT2D eigenvalue weighted by Gasteiger charge is -2.07. The molecule has 3 rings (SSSR count). The summed E-state index contributed by atoms with van der Waals surface area (Å²) in [5, 5.41) is 3.89. The van der Waals surface area contributed by atoms with Gasteiger partial charge >= 0.3 is 0 Å². The van der Waals surface area contributed by atoms with Crippen molar-refractivity contribution in [3.05, 3.63) is 54.0 Å². The van der Waals surface area contributed by atoms with Crippen LogP contribution in [0.25, 0.3) is 11.0 Å². The van der Waals surface area contributed by atoms with Gasteiger partial charge in [-0.15, -0.1) is 0 Å². The van der Waals surface area contributed by atoms with Crippen LogP contribution in [0.15, 0.2) is 42.9 Å². The maximum absolute atomic E-state index is 12.1. The molecule has 0 aliphatic carbocycles. The van der Waals surface area contributed by atoms with Crippen molar-refractivity contribution in [3.8, 4) is 5.88 Å². The minimum Gasteiger partial charge on any atom is -0.478 e. The lowest BCUT2D eigenvalue weighted by Crippen LogP contribution is -2.24. The lowest BCUT2D eigenvalue weighted by atomic mass is 10.1. The summed E-state index contributed by atoms with van der Waals surface area (Å²) in [5.74, 6) is 0.534. The molecule has 3 heterocycles. The summed E-state index contributed by atoms with van der Waals surface area (Å²) >= 11 is 0. The number of H-pyrrole nitrogens is 1. The molecule has 0 fully saturated rings. The van der Waals surface area contributed by atoms with E-state index >= 15 is 0 Å². The van der Waals surface area contributed by atoms with Crippen molar-refractivity contribution in [2.75, 3.05) is 6.61 Å². The molecule has 3 aromatic heterocycles. The molecule has 2 N–H and O–H groups in total. The van der Waals surface area contributed by atoms with Gasteiger partial charge in [0.2, 0.25) is 11.8 Å². The van der Waals surface area contributed by atoms with Crippen LogP contribution in [-0.2, 0) is 17.8 Å². The summed E-state index contributed by atoms with van der Waals surface area (Å²) in [6, 6.07) is 7.51. The number of nitrogens with zero attached hydrogens (tertiary/aromatic N) is 2. The van der Waals surface area contributed by atoms with Crippen molar-refractivity contribution in [2.45, 2.75) is 19.9 Å². The molecule has 0 spiro atoms. The van der Waals surface area contributed by atoms with Gasteiger partial charge in [-0.05, 0) is 36.2 Å². The molecule has 0 aromatic carbocycles. The number of hydrogen-bond acceptors (Lipinski definition) is 4. The Morgan fingerprint density at radius 1 is 1.30 bits per heavy atom. The zero-order chi connectivity index (χ0) is 16.1. The largest absolute Gasteiger partial charge is 0.478 e. The van der Waals surface area contributed by atoms with E-state index in [4.69, 9.17) is 4.74 Å². The first-order valence-electron chi connectivity index (χ1n) is 7.51. The van der Waals surface area contributed by atoms with Crippen LogP contribution in [0.2, 0.25) is 0 Å². The van der Waals surface area contributed by atoms with Crippen molar-refractivity contribution < 1.29 is 9.53 Å². The number of nitrogens with one attached hydrogen (secondary N) is 2. The molecule has 0 bridgehead atoms. The van der Waals surface area contributed by atoms with E-state index < -0.39 is 0 Å². The molecule has 0 unspecified atom stereocenters. The summed E-state index contributed by atoms with van der Waals surface area (Å²) in [6.45, 7) is 2.92. The third kappa shape index (κ3) is 3.66. The molecule has 0 saturated carbocycles. The van der Waals surface area contributed by atoms with Crippen LogP contribution in [0.4, 0.5) is 0 Å². The molecule has 0 saturated heterocycles. The van der Waals surface area contributed by atoms with Gasteiger partial charge in [0.05, 0.1) is 13.0 Å². The highest BCUT2D eigenvalue weighted by Gasteiger charge is 2.09. The second kappa shape index (κ2) is 6.91. The SMILES string of the molecule is CCOc1cc(CNC(=O)Cc2c[nH]c3ncccc23)ccn1. The summed E-state index contributed by atoms with van der Waals surface area (Å²) < 4.78 is 5.35. The van der Waals surface area contributed by atoms with Gasteiger partial charge in [-0.1, -0.05) is 0 Å². The Kier molecular flexibility index (Phi) is 4.52. The van der Waals surface area contributed by atoms with Crippen molar-refractivity contribution in [1.82, 2.24) is 20.3 Å². The molecule has 3 aromatic rings. The maximum Gasteiger partial charge on any atom is 0.224 e. The average molecular weight is 310 g/mol. The topological polar surface area (TPSA) is 79.9 Å². The summed E-state index contributed by atoms with van der Waals surface area (Å²) in [6.07, 6.45) is 5.55. The molecular weight excluding hydrogens is 292 g/mol. The van der Waals surface area contributed by atoms with Gasteiger partial charge in [0.15, 0.2) is 0 Å². The Bertz CT molecular complexity index is 813. The maximum atomic E-state index is 12.1. The van der Waals surface area contributed by atoms with Gasteiger partial charge < -0.3 is 15.0 Å². The Hall–Kier alpha value is -2.89. The predicted molar refractivity (Wildman–Crippen MR) is 87.1 cm³/mol. The van der Waals surface area contributed by atoms with Crippen LogP contribution in [0.3, 0.4) is 0 Å². The van der Waals surface area contributed by atoms with Crippen molar-refractivity contribution in [1.29, 1.82) is 0 Å². The number of amides is 1. The number of carbonyl (C=O) groups is 1. The van der Waals surface area contributed by atoms with Gasteiger partial charge in [0.25, 0.3) is 0 Å². The first kappa shape index (κ1) is 15.0. The fraction of sp³-hybridized carbons (Fsp3) is 0.235. The number of ether oxygens (including phenoxy) is 1. The number of rotatable bonds is 6. The molecule has 1 amide bonds. The zero-order valence-electron chi connectivity index (χ0n) is 12.9. The Morgan fingerprint density at radius 3 is 3.09 bits per heavy atom. The molecule has 6 heteroatoms. The number of carbonyl (C=O) groups excluding carboxylic acids is 1. The molecule has 0 atom stereocenters. The number of aromatic nitrogens is 3. The Balaban J connectivity index is 1.60. The highest BCUT2D eigenvalue weighted by atomic mass is 16.5. The van der Waals surface area contributed by atoms with Crippen LogP contribution >= 0.6 is 0 Å². The Labute approximate surface area is 133 Å². The first-order chi connectivity index (χ1) is 11.3. The van der Waals surface area contributed by atoms with E-state index in [1.54, 1.807) is 12.4 Å². The molecular formula is C17H18N4O2. The van der Waals surface area contributed by atoms with Gasteiger partial charge in [0, 0.05) is 36.6 Å². The van der Waals surface area contributed by atoms with Crippen LogP contribution in [0.5, 0.6) is 5.88 Å². The quantitative estimate of drug-likeness (QED) is 0.731. The third-order valence-corrected chi connectivity index (χ3v) is 3.47. The van der Waals surface area contributed by atoms with Gasteiger partial charge in [-0.2, -0.15) is 0 Å². The molecule has 118 valence electrons. The number of fused-ring (bicyclic) bond motifs is 1. The Morgan fingerprint density at radius 2 is 2.22 bits per heavy atom. The lowest BCUT2D eigenvalue weighted by molar-refractivity contribution is -0.120. The van der Waals surface area contributed by atoms with Crippen molar-refractivity contribution in [2.24, 2.45) is 0 Å². The average Bonchev–Trinajstić information content (AvgIpc) is 2.97. The van der Waals surface area contributed by atoms with Gasteiger partial charge in [-0.25, -0.2) is 9.97 Å². The number of hydrogen-bond donors (Lipinski definition) is 2. The zero-order valence-corrected chi connectivity index (χ0v) is 12.9. The fourth-order valence-corrected chi connectivity index (χ4v) is 2.38. The highest BCUT2D eigenvalue weighted by molar-refractivity contribution is 5.87. The van der Waals surface area contributed by atoms with Gasteiger partial charge in [-0.3, -0.25) is 4.79 Å². The van der Waals surface area contributed by atoms with E-state index in [9.17, 15) is 4.79 Å². The van der Waals surface area contributed by atoms with E-state index in [-0.39, 0.29) is 5.91 Å². The van der Waals surface area contributed by atoms with Crippen LogP contribution in [0, 0.1) is 0 Å². The van der Waals surface area contributed by atoms with Crippen LogP contribution in [-0.4, -0.2) is 27.5 Å². The second-order valence-electron chi connectivity index (χ2n) is 5.10. The fourth-order valence-electron chi connectivity index (χ4n) is 2.38. The second-order valence-corrected chi connectivity index (χ2v) is 5.10. The predicted octanol–water partition coefficient (Wildman–Crippen LogP) is 2.22. The summed E-state index contributed by atoms with van der Waals surface area (Å²) in [4.78, 5) is 23.5. The van der Waals surface area contributed by atoms with E-state index in [0.29, 0.717) is 25.5 Å². The van der Waals surface area contributed by atoms with Crippen LogP contribution < -0.4 is 10.1 Å². The summed E-state index contributed by atoms with van der Waals surface area (Å²) in [5.41, 5.74) is 2.69. The van der Waals surface area contributed by atoms with E-state index in [0.717, 1.165) is 22.2 Å². The summed E-state index contributed by atoms with van der Waals surface area (Å²) in [7, 11) is 0. The monoisotopic (exact) mass is 310 g/mol. The van der Waals surface area contributed by atoms with Crippen molar-refractivity contribution >= 4 is 16.9 Å². The molecule has 0 radical (unpaired) electrons. The van der Waals surface area contributed by atoms with E-state index in [2.05, 4.69) is 20.3 Å². The third-order valence-electron chi connectivity index (χ3n) is 3.47. The smallest absolute Gasteiger partial charge is 0.224 e. The number of aromatic amines is 1. The standard InChI is InChI=1S/C17H18N4O2/c1-2-23-16-8-12(5-7-18-16)10-20-15(22)9-13-11-21-17-14(13)4-3-6-19-17/h3-8,11H,2,9-10H2,1H3,(H,19,21)(H,20,22). The van der Waals surface area contributed by atoms with E-state index in [1.165, 1.54) is 0 Å². The highest BCUT2D eigenvalue weighted by Crippen LogP contribution is 2.16. The van der Waals surface area contributed by atoms with E-state index in [1.807, 2.05) is 37.4 Å². The molecule has 23 heavy (non-hydrogen) atoms.